The largest absolute Gasteiger partial charge is 0.496 e. The van der Waals surface area contributed by atoms with Gasteiger partial charge >= 0.3 is 5.97 Å². The number of carbonyl (C=O) groups is 3. The summed E-state index contributed by atoms with van der Waals surface area (Å²) in [5, 5.41) is 2.59. The van der Waals surface area contributed by atoms with Gasteiger partial charge < -0.3 is 19.5 Å². The standard InChI is InChI=1S/C24H20ClF2N3O3.C23H22ClF2N3O3/c1-11(2)22-23(12(3)28-10-29-22)30-18(32)9-16(31)13-8-14(25)19(21(27)24(13)30)20-15(26)6-5-7-17(20)33-4;1-11(2)20-21(12(3)27-10-28-20)29-22-13(23(30)32-5)9-14(24)17(19(22)26)18-15(25)7-6-8-16(18)31-4/h5-8,10-11H,9H2,1-4H3;6-11,29H,1-5H3. The Morgan fingerprint density at radius 3 is 1.75 bits per heavy atom. The average molecular weight is 934 g/mol. The van der Waals surface area contributed by atoms with Crippen LogP contribution in [0.25, 0.3) is 22.3 Å². The number of amides is 1. The molecule has 18 heteroatoms. The molecule has 7 rings (SSSR count). The summed E-state index contributed by atoms with van der Waals surface area (Å²) in [7, 11) is 3.83. The van der Waals surface area contributed by atoms with Gasteiger partial charge in [0.05, 0.1) is 100 Å². The molecule has 1 N–H and O–H groups in total. The second-order valence-corrected chi connectivity index (χ2v) is 16.0. The number of halogens is 6. The van der Waals surface area contributed by atoms with Crippen LogP contribution in [0, 0.1) is 37.1 Å². The number of benzene rings is 4. The molecule has 0 spiro atoms. The third kappa shape index (κ3) is 9.05. The highest BCUT2D eigenvalue weighted by atomic mass is 35.5. The van der Waals surface area contributed by atoms with E-state index in [1.807, 2.05) is 27.7 Å². The van der Waals surface area contributed by atoms with Gasteiger partial charge in [0, 0.05) is 16.7 Å². The Bertz CT molecular complexity index is 2880. The Kier molecular flexibility index (Phi) is 14.4. The number of nitrogens with one attached hydrogen (secondary N) is 1. The number of ketones is 1. The summed E-state index contributed by atoms with van der Waals surface area (Å²) in [6.45, 7) is 11.0. The second kappa shape index (κ2) is 19.6. The van der Waals surface area contributed by atoms with Gasteiger partial charge in [-0.05, 0) is 62.1 Å². The van der Waals surface area contributed by atoms with Gasteiger partial charge in [-0.25, -0.2) is 42.3 Å². The maximum absolute atomic E-state index is 16.3. The predicted octanol–water partition coefficient (Wildman–Crippen LogP) is 11.8. The molecule has 12 nitrogen and oxygen atoms in total. The highest BCUT2D eigenvalue weighted by Gasteiger charge is 2.39. The lowest BCUT2D eigenvalue weighted by atomic mass is 9.92. The van der Waals surface area contributed by atoms with Crippen LogP contribution in [0.15, 0.2) is 61.2 Å². The van der Waals surface area contributed by atoms with Crippen molar-refractivity contribution in [2.24, 2.45) is 0 Å². The predicted molar refractivity (Wildman–Crippen MR) is 239 cm³/mol. The molecule has 0 radical (unpaired) electrons. The Morgan fingerprint density at radius 2 is 1.22 bits per heavy atom. The SMILES string of the molecule is COC(=O)c1cc(Cl)c(-c2c(F)cccc2OC)c(F)c1Nc1c(C)ncnc1C(C)C.COc1cccc(F)c1-c1c(Cl)cc2c(c1F)N(c1c(C)ncnc1C(C)C)C(=O)CC2=O. The van der Waals surface area contributed by atoms with E-state index in [2.05, 4.69) is 25.3 Å². The van der Waals surface area contributed by atoms with Crippen LogP contribution >= 0.6 is 23.2 Å². The molecule has 2 aromatic heterocycles. The number of anilines is 4. The quantitative estimate of drug-likeness (QED) is 0.0795. The number of esters is 1. The van der Waals surface area contributed by atoms with Gasteiger partial charge in [0.2, 0.25) is 5.91 Å². The number of fused-ring (bicyclic) bond motifs is 1. The van der Waals surface area contributed by atoms with E-state index >= 15 is 8.78 Å². The number of Topliss-reactive ketones (excluding diaryl/α,β-unsaturated/α-hetero) is 1. The number of methoxy groups -OCH3 is 3. The summed E-state index contributed by atoms with van der Waals surface area (Å²) in [4.78, 5) is 56.3. The molecule has 0 aliphatic carbocycles. The molecule has 6 aromatic rings. The monoisotopic (exact) mass is 932 g/mol. The fraction of sp³-hybridized carbons (Fsp3) is 0.255. The number of aryl methyl sites for hydroxylation is 2. The first-order valence-corrected chi connectivity index (χ1v) is 20.7. The minimum absolute atomic E-state index is 0.0257. The van der Waals surface area contributed by atoms with Crippen LogP contribution in [0.5, 0.6) is 11.5 Å². The molecule has 1 amide bonds. The molecule has 0 unspecified atom stereocenters. The lowest BCUT2D eigenvalue weighted by molar-refractivity contribution is -0.117. The summed E-state index contributed by atoms with van der Waals surface area (Å²) in [6.07, 6.45) is 2.30. The highest BCUT2D eigenvalue weighted by Crippen LogP contribution is 2.48. The van der Waals surface area contributed by atoms with E-state index in [0.717, 1.165) is 11.0 Å². The smallest absolute Gasteiger partial charge is 0.340 e. The topological polar surface area (TPSA) is 146 Å². The maximum Gasteiger partial charge on any atom is 0.340 e. The second-order valence-electron chi connectivity index (χ2n) is 15.2. The van der Waals surface area contributed by atoms with Crippen LogP contribution in [-0.2, 0) is 9.53 Å². The van der Waals surface area contributed by atoms with Crippen LogP contribution in [0.2, 0.25) is 10.0 Å². The van der Waals surface area contributed by atoms with Crippen molar-refractivity contribution in [1.29, 1.82) is 0 Å². The van der Waals surface area contributed by atoms with Gasteiger partial charge in [-0.2, -0.15) is 0 Å². The van der Waals surface area contributed by atoms with Crippen molar-refractivity contribution >= 4 is 63.6 Å². The molecule has 0 fully saturated rings. The zero-order valence-electron chi connectivity index (χ0n) is 36.6. The van der Waals surface area contributed by atoms with Gasteiger partial charge in [-0.3, -0.25) is 14.5 Å². The van der Waals surface area contributed by atoms with E-state index in [4.69, 9.17) is 37.4 Å². The van der Waals surface area contributed by atoms with Crippen LogP contribution in [0.1, 0.15) is 89.4 Å². The molecule has 0 bridgehead atoms. The van der Waals surface area contributed by atoms with Gasteiger partial charge in [0.1, 0.15) is 35.8 Å². The first kappa shape index (κ1) is 47.8. The molecule has 3 heterocycles. The normalized spacial score (nSPS) is 12.2. The molecule has 65 heavy (non-hydrogen) atoms. The lowest BCUT2D eigenvalue weighted by Gasteiger charge is -2.32. The van der Waals surface area contributed by atoms with E-state index < -0.39 is 47.3 Å². The zero-order valence-corrected chi connectivity index (χ0v) is 38.1. The van der Waals surface area contributed by atoms with Gasteiger partial charge in [-0.1, -0.05) is 63.0 Å². The minimum atomic E-state index is -1.01. The van der Waals surface area contributed by atoms with E-state index in [0.29, 0.717) is 34.2 Å². The Morgan fingerprint density at radius 1 is 0.692 bits per heavy atom. The first-order valence-electron chi connectivity index (χ1n) is 19.9. The first-order chi connectivity index (χ1) is 30.9. The van der Waals surface area contributed by atoms with Gasteiger partial charge in [0.25, 0.3) is 0 Å². The fourth-order valence-electron chi connectivity index (χ4n) is 7.41. The van der Waals surface area contributed by atoms with Crippen molar-refractivity contribution in [3.63, 3.8) is 0 Å². The zero-order chi connectivity index (χ0) is 47.6. The minimum Gasteiger partial charge on any atom is -0.496 e. The van der Waals surface area contributed by atoms with Crippen LogP contribution in [0.4, 0.5) is 40.3 Å². The average Bonchev–Trinajstić information content (AvgIpc) is 3.26. The van der Waals surface area contributed by atoms with Crippen LogP contribution < -0.4 is 19.7 Å². The summed E-state index contributed by atoms with van der Waals surface area (Å²) in [6, 6.07) is 10.6. The molecule has 1 aliphatic heterocycles. The number of nitrogens with zero attached hydrogens (tertiary/aromatic N) is 5. The van der Waals surface area contributed by atoms with Gasteiger partial charge in [0.15, 0.2) is 17.4 Å². The number of aromatic nitrogens is 4. The van der Waals surface area contributed by atoms with E-state index in [9.17, 15) is 23.2 Å². The summed E-state index contributed by atoms with van der Waals surface area (Å²) >= 11 is 12.7. The summed E-state index contributed by atoms with van der Waals surface area (Å²) in [5.74, 6) is -5.51. The molecule has 0 atom stereocenters. The molecule has 1 aliphatic rings. The number of rotatable bonds is 10. The number of ether oxygens (including phenoxy) is 3. The Hall–Kier alpha value is -6.65. The Labute approximate surface area is 381 Å². The lowest BCUT2D eigenvalue weighted by Crippen LogP contribution is -2.36. The number of hydrogen-bond acceptors (Lipinski definition) is 11. The number of hydrogen-bond donors (Lipinski definition) is 1. The highest BCUT2D eigenvalue weighted by molar-refractivity contribution is 6.35. The van der Waals surface area contributed by atoms with Gasteiger partial charge in [-0.15, -0.1) is 0 Å². The van der Waals surface area contributed by atoms with E-state index in [1.165, 1.54) is 76.4 Å². The number of carbonyl (C=O) groups excluding carboxylic acids is 3. The van der Waals surface area contributed by atoms with Crippen molar-refractivity contribution < 1.29 is 46.2 Å². The molecule has 4 aromatic carbocycles. The van der Waals surface area contributed by atoms with Crippen molar-refractivity contribution in [3.05, 3.63) is 128 Å². The van der Waals surface area contributed by atoms with E-state index in [-0.39, 0.29) is 78.1 Å². The van der Waals surface area contributed by atoms with Crippen molar-refractivity contribution in [2.75, 3.05) is 31.5 Å². The fourth-order valence-corrected chi connectivity index (χ4v) is 7.98. The molecular formula is C47H42Cl2F4N6O6. The summed E-state index contributed by atoms with van der Waals surface area (Å²) in [5.41, 5.74) is 1.12. The van der Waals surface area contributed by atoms with Crippen molar-refractivity contribution in [1.82, 2.24) is 19.9 Å². The Balaban J connectivity index is 0.000000216. The van der Waals surface area contributed by atoms with E-state index in [1.54, 1.807) is 13.8 Å². The molecular weight excluding hydrogens is 891 g/mol. The maximum atomic E-state index is 16.3. The molecule has 0 saturated carbocycles. The molecule has 0 saturated heterocycles. The van der Waals surface area contributed by atoms with Crippen LogP contribution in [-0.4, -0.2) is 58.9 Å². The third-order valence-electron chi connectivity index (χ3n) is 10.5. The molecule has 338 valence electrons. The van der Waals surface area contributed by atoms with Crippen molar-refractivity contribution in [2.45, 2.75) is 59.8 Å². The van der Waals surface area contributed by atoms with Crippen LogP contribution in [0.3, 0.4) is 0 Å². The third-order valence-corrected chi connectivity index (χ3v) is 11.1. The van der Waals surface area contributed by atoms with Crippen molar-refractivity contribution in [3.8, 4) is 33.8 Å². The summed E-state index contributed by atoms with van der Waals surface area (Å²) < 4.78 is 77.1.